The van der Waals surface area contributed by atoms with E-state index in [1.807, 2.05) is 6.08 Å². The van der Waals surface area contributed by atoms with Gasteiger partial charge in [-0.05, 0) is 73.2 Å². The molecule has 13 heteroatoms. The SMILES string of the molecule is CCNS(=O)(=O)c1ccc(/C=C/C2CC2)c([C@@H](C)NC(=O)[C@@H]2C[C@@H](O)CN2C(=O)CNC(=O)c2ccc3cc(F)ccc3n2)c1. The summed E-state index contributed by atoms with van der Waals surface area (Å²) in [5.41, 5.74) is 1.81. The maximum absolute atomic E-state index is 13.5. The summed E-state index contributed by atoms with van der Waals surface area (Å²) < 4.78 is 41.4. The number of carbonyl (C=O) groups is 3. The van der Waals surface area contributed by atoms with Crippen LogP contribution in [-0.4, -0.2) is 72.9 Å². The zero-order valence-electron chi connectivity index (χ0n) is 25.0. The number of amides is 3. The van der Waals surface area contributed by atoms with Crippen molar-refractivity contribution in [3.8, 4) is 0 Å². The second kappa shape index (κ2) is 13.4. The number of benzene rings is 2. The summed E-state index contributed by atoms with van der Waals surface area (Å²) in [7, 11) is -3.75. The zero-order chi connectivity index (χ0) is 32.3. The number of nitrogens with one attached hydrogen (secondary N) is 3. The molecule has 1 saturated carbocycles. The van der Waals surface area contributed by atoms with Crippen molar-refractivity contribution in [2.75, 3.05) is 19.6 Å². The van der Waals surface area contributed by atoms with E-state index in [2.05, 4.69) is 26.4 Å². The first-order valence-corrected chi connectivity index (χ1v) is 16.4. The lowest BCUT2D eigenvalue weighted by Crippen LogP contribution is -2.49. The summed E-state index contributed by atoms with van der Waals surface area (Å²) in [4.78, 5) is 44.9. The second-order valence-corrected chi connectivity index (χ2v) is 13.2. The van der Waals surface area contributed by atoms with Crippen LogP contribution in [0.5, 0.6) is 0 Å². The molecule has 3 aromatic rings. The minimum atomic E-state index is -3.75. The highest BCUT2D eigenvalue weighted by Gasteiger charge is 2.39. The first-order chi connectivity index (χ1) is 21.4. The van der Waals surface area contributed by atoms with E-state index in [0.29, 0.717) is 22.4 Å². The molecular weight excluding hydrogens is 601 g/mol. The second-order valence-electron chi connectivity index (χ2n) is 11.4. The van der Waals surface area contributed by atoms with Gasteiger partial charge in [-0.2, -0.15) is 0 Å². The number of fused-ring (bicyclic) bond motifs is 1. The predicted molar refractivity (Wildman–Crippen MR) is 166 cm³/mol. The van der Waals surface area contributed by atoms with Crippen molar-refractivity contribution < 1.29 is 32.3 Å². The Morgan fingerprint density at radius 1 is 1.13 bits per heavy atom. The third-order valence-electron chi connectivity index (χ3n) is 7.88. The van der Waals surface area contributed by atoms with E-state index in [4.69, 9.17) is 0 Å². The van der Waals surface area contributed by atoms with Crippen LogP contribution in [0.3, 0.4) is 0 Å². The number of aliphatic hydroxyl groups is 1. The van der Waals surface area contributed by atoms with Crippen molar-refractivity contribution in [3.05, 3.63) is 77.2 Å². The van der Waals surface area contributed by atoms with Crippen LogP contribution in [0.4, 0.5) is 4.39 Å². The Bertz CT molecular complexity index is 1760. The van der Waals surface area contributed by atoms with Gasteiger partial charge in [0, 0.05) is 24.9 Å². The van der Waals surface area contributed by atoms with Gasteiger partial charge in [-0.15, -0.1) is 0 Å². The number of hydrogen-bond acceptors (Lipinski definition) is 7. The van der Waals surface area contributed by atoms with Crippen LogP contribution in [0.15, 0.2) is 59.5 Å². The van der Waals surface area contributed by atoms with Crippen LogP contribution in [0.25, 0.3) is 17.0 Å². The van der Waals surface area contributed by atoms with Gasteiger partial charge in [-0.25, -0.2) is 22.5 Å². The van der Waals surface area contributed by atoms with Gasteiger partial charge in [0.05, 0.1) is 29.1 Å². The molecule has 3 amide bonds. The fraction of sp³-hybridized carbons (Fsp3) is 0.375. The number of halogens is 1. The van der Waals surface area contributed by atoms with Gasteiger partial charge in [0.2, 0.25) is 21.8 Å². The summed E-state index contributed by atoms with van der Waals surface area (Å²) in [6.07, 6.45) is 5.26. The van der Waals surface area contributed by atoms with Crippen molar-refractivity contribution in [1.82, 2.24) is 25.2 Å². The molecule has 5 rings (SSSR count). The molecular formula is C32H36FN5O6S. The fourth-order valence-corrected chi connectivity index (χ4v) is 6.42. The molecule has 0 spiro atoms. The number of carbonyl (C=O) groups excluding carboxylic acids is 3. The number of hydrogen-bond donors (Lipinski definition) is 4. The van der Waals surface area contributed by atoms with Crippen molar-refractivity contribution in [3.63, 3.8) is 0 Å². The van der Waals surface area contributed by atoms with Crippen LogP contribution >= 0.6 is 0 Å². The lowest BCUT2D eigenvalue weighted by Gasteiger charge is -2.26. The highest BCUT2D eigenvalue weighted by molar-refractivity contribution is 7.89. The molecule has 2 fully saturated rings. The standard InChI is InChI=1S/C32H36FN5O6S/c1-3-35-45(43,44)25-11-8-21(7-6-20-4-5-20)26(16-25)19(2)36-32(42)29-15-24(39)18-38(29)30(40)17-34-31(41)28-12-9-22-14-23(33)10-13-27(22)37-28/h6-14,16,19-20,24,29,35,39H,3-5,15,17-18H2,1-2H3,(H,34,41)(H,36,42)/b7-6+/t19-,24-,29+/m1/s1. The number of rotatable bonds is 11. The number of β-amino-alcohol motifs (C(OH)–C–C–N with tert-alkyl or cyclic N) is 1. The van der Waals surface area contributed by atoms with Crippen molar-refractivity contribution in [2.45, 2.75) is 56.2 Å². The summed E-state index contributed by atoms with van der Waals surface area (Å²) in [6, 6.07) is 10.1. The molecule has 2 aliphatic rings. The predicted octanol–water partition coefficient (Wildman–Crippen LogP) is 2.66. The lowest BCUT2D eigenvalue weighted by molar-refractivity contribution is -0.138. The molecule has 11 nitrogen and oxygen atoms in total. The third kappa shape index (κ3) is 7.72. The Kier molecular flexibility index (Phi) is 9.61. The van der Waals surface area contributed by atoms with Crippen LogP contribution in [-0.2, 0) is 19.6 Å². The lowest BCUT2D eigenvalue weighted by atomic mass is 10.00. The number of sulfonamides is 1. The average molecular weight is 638 g/mol. The summed E-state index contributed by atoms with van der Waals surface area (Å²) >= 11 is 0. The minimum absolute atomic E-state index is 0.00427. The quantitative estimate of drug-likeness (QED) is 0.252. The van der Waals surface area contributed by atoms with E-state index in [1.54, 1.807) is 26.0 Å². The van der Waals surface area contributed by atoms with Gasteiger partial charge in [0.15, 0.2) is 0 Å². The molecule has 4 N–H and O–H groups in total. The van der Waals surface area contributed by atoms with Crippen LogP contribution in [0, 0.1) is 11.7 Å². The van der Waals surface area contributed by atoms with Crippen LogP contribution < -0.4 is 15.4 Å². The Morgan fingerprint density at radius 2 is 1.91 bits per heavy atom. The van der Waals surface area contributed by atoms with Gasteiger partial charge >= 0.3 is 0 Å². The minimum Gasteiger partial charge on any atom is -0.391 e. The molecule has 238 valence electrons. The van der Waals surface area contributed by atoms with Crippen LogP contribution in [0.2, 0.25) is 0 Å². The number of nitrogens with zero attached hydrogens (tertiary/aromatic N) is 2. The van der Waals surface area contributed by atoms with Crippen LogP contribution in [0.1, 0.15) is 60.8 Å². The normalized spacial score (nSPS) is 19.2. The number of aliphatic hydroxyl groups excluding tert-OH is 1. The van der Waals surface area contributed by atoms with E-state index >= 15 is 0 Å². The summed E-state index contributed by atoms with van der Waals surface area (Å²) in [5.74, 6) is -1.65. The van der Waals surface area contributed by atoms with Gasteiger partial charge in [0.25, 0.3) is 5.91 Å². The largest absolute Gasteiger partial charge is 0.391 e. The number of likely N-dealkylation sites (tertiary alicyclic amines) is 1. The van der Waals surface area contributed by atoms with E-state index in [1.165, 1.54) is 41.3 Å². The summed E-state index contributed by atoms with van der Waals surface area (Å²) in [5, 5.41) is 16.3. The van der Waals surface area contributed by atoms with Gasteiger partial charge in [-0.1, -0.05) is 31.2 Å². The number of pyridine rings is 1. The first-order valence-electron chi connectivity index (χ1n) is 14.9. The first kappa shape index (κ1) is 32.2. The Hall–Kier alpha value is -4.20. The number of allylic oxidation sites excluding steroid dienone is 1. The highest BCUT2D eigenvalue weighted by Crippen LogP contribution is 2.32. The van der Waals surface area contributed by atoms with E-state index in [9.17, 15) is 32.3 Å². The van der Waals surface area contributed by atoms with Crippen molar-refractivity contribution >= 4 is 44.7 Å². The van der Waals surface area contributed by atoms with Gasteiger partial charge < -0.3 is 20.6 Å². The smallest absolute Gasteiger partial charge is 0.270 e. The maximum atomic E-state index is 13.5. The van der Waals surface area contributed by atoms with E-state index in [-0.39, 0.29) is 30.1 Å². The molecule has 1 aromatic heterocycles. The number of aromatic nitrogens is 1. The highest BCUT2D eigenvalue weighted by atomic mass is 32.2. The average Bonchev–Trinajstić information content (AvgIpc) is 3.76. The zero-order valence-corrected chi connectivity index (χ0v) is 25.8. The van der Waals surface area contributed by atoms with Crippen molar-refractivity contribution in [1.29, 1.82) is 0 Å². The molecule has 1 aliphatic heterocycles. The molecule has 3 atom stereocenters. The Morgan fingerprint density at radius 3 is 2.64 bits per heavy atom. The molecule has 2 aromatic carbocycles. The summed E-state index contributed by atoms with van der Waals surface area (Å²) in [6.45, 7) is 3.11. The Balaban J connectivity index is 1.27. The van der Waals surface area contributed by atoms with Crippen molar-refractivity contribution in [2.24, 2.45) is 5.92 Å². The third-order valence-corrected chi connectivity index (χ3v) is 9.43. The topological polar surface area (TPSA) is 158 Å². The Labute approximate surface area is 261 Å². The molecule has 0 radical (unpaired) electrons. The van der Waals surface area contributed by atoms with E-state index in [0.717, 1.165) is 18.4 Å². The molecule has 2 heterocycles. The molecule has 0 bridgehead atoms. The fourth-order valence-electron chi connectivity index (χ4n) is 5.34. The molecule has 0 unspecified atom stereocenters. The molecule has 45 heavy (non-hydrogen) atoms. The molecule has 1 saturated heterocycles. The van der Waals surface area contributed by atoms with E-state index < -0.39 is 58.3 Å². The maximum Gasteiger partial charge on any atom is 0.270 e. The van der Waals surface area contributed by atoms with Gasteiger partial charge in [0.1, 0.15) is 17.6 Å². The molecule has 1 aliphatic carbocycles. The monoisotopic (exact) mass is 637 g/mol. The van der Waals surface area contributed by atoms with Gasteiger partial charge in [-0.3, -0.25) is 14.4 Å².